The van der Waals surface area contributed by atoms with Gasteiger partial charge >= 0.3 is 25.7 Å². The molecule has 0 spiro atoms. The Labute approximate surface area is 451 Å². The quantitative estimate of drug-likeness (QED) is 0.0197. The fourth-order valence-electron chi connectivity index (χ4n) is 7.57. The van der Waals surface area contributed by atoms with E-state index in [1.54, 1.807) is 6.08 Å². The Hall–Kier alpha value is -3.60. The Bertz CT molecular complexity index is 1610. The zero-order valence-electron chi connectivity index (χ0n) is 46.8. The Balaban J connectivity index is 4.80. The molecular weight excluding hydrogens is 952 g/mol. The number of phosphoric ester groups is 1. The molecule has 12 heteroatoms. The van der Waals surface area contributed by atoms with E-state index in [2.05, 4.69) is 93.7 Å². The molecule has 0 fully saturated rings. The number of hydrogen-bond donors (Lipinski definition) is 2. The van der Waals surface area contributed by atoms with Crippen molar-refractivity contribution < 1.29 is 52.2 Å². The lowest BCUT2D eigenvalue weighted by molar-refractivity contribution is -0.161. The van der Waals surface area contributed by atoms with Gasteiger partial charge in [0.25, 0.3) is 0 Å². The zero-order valence-corrected chi connectivity index (χ0v) is 47.7. The Morgan fingerprint density at radius 1 is 0.405 bits per heavy atom. The number of aliphatic hydroxyl groups is 1. The molecule has 0 bridgehead atoms. The lowest BCUT2D eigenvalue weighted by Gasteiger charge is -2.21. The monoisotopic (exact) mass is 1060 g/mol. The van der Waals surface area contributed by atoms with Crippen LogP contribution in [0.25, 0.3) is 0 Å². The van der Waals surface area contributed by atoms with Crippen LogP contribution in [-0.2, 0) is 42.2 Å². The van der Waals surface area contributed by atoms with Crippen molar-refractivity contribution in [1.29, 1.82) is 0 Å². The van der Waals surface area contributed by atoms with Crippen molar-refractivity contribution in [3.8, 4) is 0 Å². The molecule has 424 valence electrons. The molecule has 0 radical (unpaired) electrons. The van der Waals surface area contributed by atoms with E-state index in [0.29, 0.717) is 19.3 Å². The van der Waals surface area contributed by atoms with Crippen LogP contribution in [0.1, 0.15) is 239 Å². The number of hydrogen-bond acceptors (Lipinski definition) is 10. The van der Waals surface area contributed by atoms with Gasteiger partial charge in [0.05, 0.1) is 26.2 Å². The van der Waals surface area contributed by atoms with Gasteiger partial charge in [-0.3, -0.25) is 23.4 Å². The molecule has 0 aliphatic carbocycles. The molecule has 0 heterocycles. The maximum absolute atomic E-state index is 12.9. The number of unbranched alkanes of at least 4 members (excludes halogenated alkanes) is 21. The first-order chi connectivity index (χ1) is 36.2. The second-order valence-corrected chi connectivity index (χ2v) is 20.5. The van der Waals surface area contributed by atoms with Crippen LogP contribution in [0, 0.1) is 0 Å². The van der Waals surface area contributed by atoms with E-state index in [-0.39, 0.29) is 25.9 Å². The lowest BCUT2D eigenvalue weighted by Crippen LogP contribution is -2.30. The first-order valence-electron chi connectivity index (χ1n) is 29.1. The van der Waals surface area contributed by atoms with E-state index >= 15 is 0 Å². The Morgan fingerprint density at radius 2 is 0.757 bits per heavy atom. The molecule has 2 N–H and O–H groups in total. The summed E-state index contributed by atoms with van der Waals surface area (Å²) in [6.45, 7) is 4.37. The van der Waals surface area contributed by atoms with Crippen molar-refractivity contribution in [3.63, 3.8) is 0 Å². The molecule has 0 amide bonds. The molecule has 11 nitrogen and oxygen atoms in total. The summed E-state index contributed by atoms with van der Waals surface area (Å²) < 4.78 is 39.4. The number of phosphoric acid groups is 1. The smallest absolute Gasteiger partial charge is 0.462 e. The van der Waals surface area contributed by atoms with Crippen molar-refractivity contribution in [1.82, 2.24) is 0 Å². The van der Waals surface area contributed by atoms with Crippen LogP contribution in [0.5, 0.6) is 0 Å². The highest BCUT2D eigenvalue weighted by Gasteiger charge is 2.28. The second-order valence-electron chi connectivity index (χ2n) is 19.1. The average molecular weight is 1060 g/mol. The predicted octanol–water partition coefficient (Wildman–Crippen LogP) is 17.3. The molecule has 3 unspecified atom stereocenters. The maximum atomic E-state index is 12.9. The molecular formula is C62H105O11P. The number of carbonyl (C=O) groups excluding carboxylic acids is 3. The van der Waals surface area contributed by atoms with Crippen molar-refractivity contribution >= 4 is 25.7 Å². The van der Waals surface area contributed by atoms with Gasteiger partial charge in [-0.25, -0.2) is 4.57 Å². The number of carbonyl (C=O) groups is 3. The fraction of sp³-hybridized carbons (Fsp3) is 0.694. The average Bonchev–Trinajstić information content (AvgIpc) is 3.39. The molecule has 0 aliphatic heterocycles. The van der Waals surface area contributed by atoms with Crippen molar-refractivity contribution in [2.75, 3.05) is 26.4 Å². The van der Waals surface area contributed by atoms with Gasteiger partial charge in [-0.15, -0.1) is 0 Å². The minimum atomic E-state index is -4.78. The number of aliphatic hydroxyl groups excluding tert-OH is 1. The van der Waals surface area contributed by atoms with Gasteiger partial charge in [0.1, 0.15) is 12.7 Å². The van der Waals surface area contributed by atoms with Crippen LogP contribution in [0.2, 0.25) is 0 Å². The molecule has 0 aromatic rings. The van der Waals surface area contributed by atoms with Gasteiger partial charge < -0.3 is 24.2 Å². The third-order valence-electron chi connectivity index (χ3n) is 12.0. The van der Waals surface area contributed by atoms with Crippen molar-refractivity contribution in [2.45, 2.75) is 251 Å². The summed E-state index contributed by atoms with van der Waals surface area (Å²) in [7, 11) is -4.78. The minimum absolute atomic E-state index is 0.0588. The Kier molecular flexibility index (Phi) is 52.9. The lowest BCUT2D eigenvalue weighted by atomic mass is 10.1. The summed E-state index contributed by atoms with van der Waals surface area (Å²) in [5, 5.41) is 9.79. The van der Waals surface area contributed by atoms with Gasteiger partial charge in [-0.1, -0.05) is 214 Å². The summed E-state index contributed by atoms with van der Waals surface area (Å²) in [6.07, 6.45) is 65.3. The van der Waals surface area contributed by atoms with Gasteiger partial charge in [0.15, 0.2) is 6.10 Å². The number of esters is 3. The summed E-state index contributed by atoms with van der Waals surface area (Å²) in [4.78, 5) is 48.5. The van der Waals surface area contributed by atoms with E-state index in [1.807, 2.05) is 18.2 Å². The minimum Gasteiger partial charge on any atom is -0.462 e. The standard InChI is InChI=1S/C62H105O11P/c1-4-7-10-13-16-19-22-25-27-28-29-30-32-35-38-41-44-47-50-53-62(66)73-59(55-69-60(64)51-48-45-42-39-36-33-24-21-18-15-12-9-6-3)57-71-74(67,68)70-56-58(54-63)72-61(65)52-49-46-43-40-37-34-31-26-23-20-17-14-11-8-5-2/h8,11,16-17,19-21,24-27,31,37,40,46,49,58-59,63H,4-7,9-10,12-15,18,22-23,28-30,32-36,38-39,41-45,47-48,50-57H2,1-3H3,(H,67,68)/b11-8-,19-16-,20-17-,24-21-,27-25-,31-26-,40-37-,49-46-. The molecule has 0 saturated heterocycles. The maximum Gasteiger partial charge on any atom is 0.472 e. The molecule has 3 atom stereocenters. The normalized spacial score (nSPS) is 14.1. The number of ether oxygens (including phenoxy) is 3. The highest BCUT2D eigenvalue weighted by atomic mass is 31.2. The first kappa shape index (κ1) is 70.4. The summed E-state index contributed by atoms with van der Waals surface area (Å²) >= 11 is 0. The van der Waals surface area contributed by atoms with Crippen LogP contribution >= 0.6 is 7.82 Å². The number of rotatable bonds is 53. The van der Waals surface area contributed by atoms with Crippen LogP contribution in [-0.4, -0.2) is 66.5 Å². The van der Waals surface area contributed by atoms with Gasteiger partial charge in [-0.2, -0.15) is 0 Å². The van der Waals surface area contributed by atoms with Gasteiger partial charge in [0.2, 0.25) is 0 Å². The Morgan fingerprint density at radius 3 is 1.23 bits per heavy atom. The van der Waals surface area contributed by atoms with Crippen LogP contribution in [0.4, 0.5) is 0 Å². The molecule has 0 aromatic heterocycles. The third kappa shape index (κ3) is 53.2. The van der Waals surface area contributed by atoms with E-state index in [4.69, 9.17) is 23.3 Å². The molecule has 0 rings (SSSR count). The highest BCUT2D eigenvalue weighted by Crippen LogP contribution is 2.43. The third-order valence-corrected chi connectivity index (χ3v) is 12.9. The van der Waals surface area contributed by atoms with Gasteiger partial charge in [-0.05, 0) is 103 Å². The fourth-order valence-corrected chi connectivity index (χ4v) is 8.36. The summed E-state index contributed by atoms with van der Waals surface area (Å²) in [5.41, 5.74) is 0. The van der Waals surface area contributed by atoms with Crippen molar-refractivity contribution in [3.05, 3.63) is 97.2 Å². The first-order valence-corrected chi connectivity index (χ1v) is 30.6. The molecule has 0 aliphatic rings. The predicted molar refractivity (Wildman–Crippen MR) is 307 cm³/mol. The van der Waals surface area contributed by atoms with Crippen molar-refractivity contribution in [2.24, 2.45) is 0 Å². The van der Waals surface area contributed by atoms with Crippen LogP contribution < -0.4 is 0 Å². The zero-order chi connectivity index (χ0) is 54.1. The van der Waals surface area contributed by atoms with Gasteiger partial charge in [0, 0.05) is 12.8 Å². The van der Waals surface area contributed by atoms with E-state index in [9.17, 15) is 28.9 Å². The van der Waals surface area contributed by atoms with E-state index in [0.717, 1.165) is 96.3 Å². The van der Waals surface area contributed by atoms with E-state index in [1.165, 1.54) is 83.5 Å². The van der Waals surface area contributed by atoms with Crippen LogP contribution in [0.15, 0.2) is 97.2 Å². The van der Waals surface area contributed by atoms with E-state index < -0.39 is 57.8 Å². The van der Waals surface area contributed by atoms with Crippen LogP contribution in [0.3, 0.4) is 0 Å². The molecule has 0 saturated carbocycles. The molecule has 74 heavy (non-hydrogen) atoms. The molecule has 0 aromatic carbocycles. The summed E-state index contributed by atoms with van der Waals surface area (Å²) in [6, 6.07) is 0. The second kappa shape index (κ2) is 55.6. The summed E-state index contributed by atoms with van der Waals surface area (Å²) in [5.74, 6) is -1.62. The topological polar surface area (TPSA) is 155 Å². The SMILES string of the molecule is CC/C=C\C/C=C\C/C=C\C/C=C\C/C=C\CC(=O)OC(CO)COP(=O)(O)OCC(COC(=O)CCCCCCC/C=C\CCCCCC)OC(=O)CCCCCCCCCCC/C=C\C/C=C\CCCCC. The largest absolute Gasteiger partial charge is 0.472 e. The number of allylic oxidation sites excluding steroid dienone is 15. The highest BCUT2D eigenvalue weighted by molar-refractivity contribution is 7.47.